The van der Waals surface area contributed by atoms with Gasteiger partial charge >= 0.3 is 0 Å². The van der Waals surface area contributed by atoms with Crippen LogP contribution in [0.3, 0.4) is 0 Å². The van der Waals surface area contributed by atoms with Gasteiger partial charge in [0.25, 0.3) is 0 Å². The highest BCUT2D eigenvalue weighted by atomic mass is 32.5. The number of ether oxygens (including phenoxy) is 1. The number of hydrogen-bond donors (Lipinski definition) is 1. The zero-order valence-electron chi connectivity index (χ0n) is 26.0. The fourth-order valence-corrected chi connectivity index (χ4v) is 8.17. The van der Waals surface area contributed by atoms with E-state index in [4.69, 9.17) is 13.9 Å². The first kappa shape index (κ1) is 32.8. The number of rotatable bonds is 6. The van der Waals surface area contributed by atoms with Gasteiger partial charge in [-0.15, -0.1) is 25.9 Å². The second kappa shape index (κ2) is 9.98. The Morgan fingerprint density at radius 3 is 2.27 bits per heavy atom. The van der Waals surface area contributed by atoms with Gasteiger partial charge < -0.3 is 14.0 Å². The van der Waals surface area contributed by atoms with Gasteiger partial charge in [0.1, 0.15) is 6.10 Å². The van der Waals surface area contributed by atoms with Crippen molar-refractivity contribution in [2.24, 2.45) is 5.41 Å². The van der Waals surface area contributed by atoms with Crippen molar-refractivity contribution < 1.29 is 29.6 Å². The predicted molar refractivity (Wildman–Crippen MR) is 165 cm³/mol. The maximum absolute atomic E-state index is 14.1. The summed E-state index contributed by atoms with van der Waals surface area (Å²) in [6.07, 6.45) is 8.75. The minimum absolute atomic E-state index is 0.0411. The molecule has 236 valence electrons. The minimum atomic E-state index is -8.20. The Labute approximate surface area is 245 Å². The fraction of sp³-hybridized carbons (Fsp3) is 0.710. The van der Waals surface area contributed by atoms with Crippen LogP contribution in [-0.4, -0.2) is 52.1 Å². The van der Waals surface area contributed by atoms with E-state index in [1.807, 2.05) is 6.92 Å². The number of aliphatic hydroxyl groups is 1. The average Bonchev–Trinajstić information content (AvgIpc) is 2.80. The van der Waals surface area contributed by atoms with Crippen molar-refractivity contribution in [3.05, 3.63) is 51.9 Å². The molecule has 0 radical (unpaired) electrons. The van der Waals surface area contributed by atoms with Crippen LogP contribution in [0.25, 0.3) is 0 Å². The van der Waals surface area contributed by atoms with Gasteiger partial charge in [-0.1, -0.05) is 52.8 Å². The number of nitrogens with zero attached hydrogens (tertiary/aromatic N) is 1. The summed E-state index contributed by atoms with van der Waals surface area (Å²) >= 11 is 0. The molecular weight excluding hydrogens is 574 g/mol. The van der Waals surface area contributed by atoms with Crippen molar-refractivity contribution in [2.75, 3.05) is 32.0 Å². The lowest BCUT2D eigenvalue weighted by molar-refractivity contribution is 0.0831. The standard InChI is InChI=1S/C31H49F4NO3S2/c1-20-26-24(18-31(5,6)19-25(26)39-40(7,8)30(2,3)4)36-28(21-14-16-38-17-15-21)27(20)29(37)22-10-12-23(13-11-22)41(9,32,33,34)35/h10-12,21,23,25,29,37H,13-19H2,1-9H3. The molecule has 0 bridgehead atoms. The Morgan fingerprint density at radius 2 is 1.76 bits per heavy atom. The van der Waals surface area contributed by atoms with Gasteiger partial charge in [0.2, 0.25) is 0 Å². The van der Waals surface area contributed by atoms with Crippen molar-refractivity contribution in [1.82, 2.24) is 4.98 Å². The first-order chi connectivity index (χ1) is 18.4. The largest absolute Gasteiger partial charge is 0.384 e. The normalized spacial score (nSPS) is 26.9. The lowest BCUT2D eigenvalue weighted by atomic mass is 9.72. The number of pyridine rings is 1. The topological polar surface area (TPSA) is 51.6 Å². The van der Waals surface area contributed by atoms with Crippen molar-refractivity contribution in [2.45, 2.75) is 102 Å². The molecule has 3 aliphatic rings. The number of halogens is 4. The lowest BCUT2D eigenvalue weighted by Gasteiger charge is -2.51. The second-order valence-electron chi connectivity index (χ2n) is 14.6. The zero-order valence-corrected chi connectivity index (χ0v) is 27.7. The van der Waals surface area contributed by atoms with E-state index in [1.54, 1.807) is 0 Å². The minimum Gasteiger partial charge on any atom is -0.384 e. The first-order valence-corrected chi connectivity index (χ1v) is 19.4. The molecule has 0 amide bonds. The Kier molecular flexibility index (Phi) is 7.99. The number of aromatic nitrogens is 1. The van der Waals surface area contributed by atoms with Gasteiger partial charge in [-0.2, -0.15) is 0 Å². The van der Waals surface area contributed by atoms with Crippen LogP contribution in [0, 0.1) is 12.3 Å². The molecule has 4 rings (SSSR count). The zero-order chi connectivity index (χ0) is 30.9. The van der Waals surface area contributed by atoms with E-state index in [9.17, 15) is 20.6 Å². The highest BCUT2D eigenvalue weighted by Crippen LogP contribution is 2.97. The van der Waals surface area contributed by atoms with E-state index in [0.717, 1.165) is 54.3 Å². The molecular formula is C31H49F4NO3S2. The number of allylic oxidation sites excluding steroid dienone is 1. The molecule has 1 fully saturated rings. The monoisotopic (exact) mass is 623 g/mol. The first-order valence-electron chi connectivity index (χ1n) is 14.5. The number of hydrogen-bond acceptors (Lipinski definition) is 4. The molecule has 4 nitrogen and oxygen atoms in total. The molecule has 3 unspecified atom stereocenters. The smallest absolute Gasteiger partial charge is 0.167 e. The van der Waals surface area contributed by atoms with Crippen LogP contribution < -0.4 is 0 Å². The third kappa shape index (κ3) is 7.03. The quantitative estimate of drug-likeness (QED) is 0.321. The number of fused-ring (bicyclic) bond motifs is 1. The summed E-state index contributed by atoms with van der Waals surface area (Å²) in [6.45, 7) is 14.2. The Bertz CT molecular complexity index is 1240. The Balaban J connectivity index is 1.84. The summed E-state index contributed by atoms with van der Waals surface area (Å²) in [5, 5.41) is 9.64. The van der Waals surface area contributed by atoms with E-state index in [-0.39, 0.29) is 28.4 Å². The highest BCUT2D eigenvalue weighted by Gasteiger charge is 2.63. The van der Waals surface area contributed by atoms with Crippen molar-refractivity contribution in [3.63, 3.8) is 0 Å². The summed E-state index contributed by atoms with van der Waals surface area (Å²) in [5.74, 6) is 0.0638. The fourth-order valence-electron chi connectivity index (χ4n) is 6.08. The molecule has 1 aromatic rings. The summed E-state index contributed by atoms with van der Waals surface area (Å²) in [7, 11) is -9.69. The summed E-state index contributed by atoms with van der Waals surface area (Å²) in [4.78, 5) is 5.26. The Hall–Kier alpha value is -1.07. The third-order valence-corrected chi connectivity index (χ3v) is 14.8. The Morgan fingerprint density at radius 1 is 1.15 bits per heavy atom. The molecule has 1 saturated heterocycles. The maximum Gasteiger partial charge on any atom is 0.167 e. The maximum atomic E-state index is 14.1. The molecule has 10 heteroatoms. The third-order valence-electron chi connectivity index (χ3n) is 9.23. The van der Waals surface area contributed by atoms with E-state index in [2.05, 4.69) is 47.1 Å². The SMILES string of the molecule is Cc1c2c(nc(C3CCOCC3)c1C(O)C1=CCC(S(C)(F)(F)(F)F)C=C1)CC(C)(C)CC2OS(C)(C)C(C)(C)C. The van der Waals surface area contributed by atoms with Crippen molar-refractivity contribution >= 4 is 20.1 Å². The molecule has 41 heavy (non-hydrogen) atoms. The van der Waals surface area contributed by atoms with Gasteiger partial charge in [-0.05, 0) is 68.1 Å². The van der Waals surface area contributed by atoms with E-state index < -0.39 is 37.9 Å². The summed E-state index contributed by atoms with van der Waals surface area (Å²) < 4.78 is 69.0. The molecule has 1 N–H and O–H groups in total. The highest BCUT2D eigenvalue weighted by molar-refractivity contribution is 8.49. The summed E-state index contributed by atoms with van der Waals surface area (Å²) in [6, 6.07) is 0. The molecule has 0 saturated carbocycles. The van der Waals surface area contributed by atoms with E-state index in [0.29, 0.717) is 24.4 Å². The summed E-state index contributed by atoms with van der Waals surface area (Å²) in [5.41, 5.74) is 4.61. The predicted octanol–water partition coefficient (Wildman–Crippen LogP) is 9.42. The van der Waals surface area contributed by atoms with Gasteiger partial charge in [-0.25, -0.2) is 0 Å². The van der Waals surface area contributed by atoms with Crippen LogP contribution in [0.2, 0.25) is 0 Å². The van der Waals surface area contributed by atoms with Crippen LogP contribution in [-0.2, 0) is 15.3 Å². The van der Waals surface area contributed by atoms with Gasteiger partial charge in [0.05, 0.1) is 17.0 Å². The second-order valence-corrected chi connectivity index (χ2v) is 22.2. The van der Waals surface area contributed by atoms with Gasteiger partial charge in [0.15, 0.2) is 9.84 Å². The molecule has 0 spiro atoms. The van der Waals surface area contributed by atoms with Crippen LogP contribution in [0.4, 0.5) is 15.5 Å². The molecule has 2 aliphatic carbocycles. The molecule has 1 aromatic heterocycles. The van der Waals surface area contributed by atoms with Crippen molar-refractivity contribution in [1.29, 1.82) is 0 Å². The number of aliphatic hydroxyl groups excluding tert-OH is 1. The van der Waals surface area contributed by atoms with Gasteiger partial charge in [-0.3, -0.25) is 4.98 Å². The van der Waals surface area contributed by atoms with Crippen LogP contribution >= 0.6 is 20.1 Å². The van der Waals surface area contributed by atoms with Crippen LogP contribution in [0.5, 0.6) is 0 Å². The molecule has 0 aromatic carbocycles. The van der Waals surface area contributed by atoms with Crippen LogP contribution in [0.15, 0.2) is 23.8 Å². The van der Waals surface area contributed by atoms with Crippen LogP contribution in [0.1, 0.15) is 107 Å². The molecule has 2 heterocycles. The van der Waals surface area contributed by atoms with E-state index >= 15 is 0 Å². The van der Waals surface area contributed by atoms with Crippen molar-refractivity contribution in [3.8, 4) is 0 Å². The average molecular weight is 624 g/mol. The van der Waals surface area contributed by atoms with E-state index in [1.165, 1.54) is 12.2 Å². The lowest BCUT2D eigenvalue weighted by Crippen LogP contribution is -2.34. The molecule has 3 atom stereocenters. The van der Waals surface area contributed by atoms with Gasteiger partial charge in [0, 0.05) is 47.0 Å². The molecule has 1 aliphatic heterocycles.